The Labute approximate surface area is 217 Å². The normalized spacial score (nSPS) is 11.1. The van der Waals surface area contributed by atoms with E-state index < -0.39 is 29.2 Å². The lowest BCUT2D eigenvalue weighted by atomic mass is 10.1. The van der Waals surface area contributed by atoms with Crippen LogP contribution in [0.2, 0.25) is 10.0 Å². The molecule has 11 heteroatoms. The van der Waals surface area contributed by atoms with Crippen LogP contribution in [0.25, 0.3) is 0 Å². The molecular weight excluding hydrogens is 515 g/mol. The van der Waals surface area contributed by atoms with Gasteiger partial charge in [-0.3, -0.25) is 14.7 Å². The molecule has 0 saturated heterocycles. The number of carbonyl (C=O) groups excluding carboxylic acids is 2. The van der Waals surface area contributed by atoms with Crippen LogP contribution in [0, 0.1) is 11.6 Å². The van der Waals surface area contributed by atoms with E-state index in [4.69, 9.17) is 32.7 Å². The molecule has 0 aliphatic rings. The zero-order valence-electron chi connectivity index (χ0n) is 20.1. The van der Waals surface area contributed by atoms with E-state index in [0.29, 0.717) is 5.02 Å². The number of benzene rings is 2. The van der Waals surface area contributed by atoms with Gasteiger partial charge in [-0.1, -0.05) is 23.2 Å². The van der Waals surface area contributed by atoms with Gasteiger partial charge in [-0.05, 0) is 39.0 Å². The third-order valence-corrected chi connectivity index (χ3v) is 5.38. The maximum absolute atomic E-state index is 14.3. The fourth-order valence-electron chi connectivity index (χ4n) is 3.09. The first-order valence-electron chi connectivity index (χ1n) is 10.6. The molecule has 0 N–H and O–H groups in total. The molecule has 0 saturated carbocycles. The van der Waals surface area contributed by atoms with Crippen molar-refractivity contribution in [3.05, 3.63) is 76.0 Å². The van der Waals surface area contributed by atoms with Gasteiger partial charge in [0.15, 0.2) is 11.6 Å². The third-order valence-electron chi connectivity index (χ3n) is 4.84. The quantitative estimate of drug-likeness (QED) is 0.346. The standard InChI is InChI=1S/C25H23Cl2F2N3O4/c1-25(2,3)36-24(34)32(5)20-12-18(29)17(28)11-19(20)31(4)23(33)15-13-30-9-8-21(15)35-22-10-14(26)6-7-16(22)27/h6-13H,1-5H3. The summed E-state index contributed by atoms with van der Waals surface area (Å²) in [4.78, 5) is 32.1. The van der Waals surface area contributed by atoms with Crippen LogP contribution < -0.4 is 14.5 Å². The predicted molar refractivity (Wildman–Crippen MR) is 135 cm³/mol. The number of hydrogen-bond acceptors (Lipinski definition) is 5. The number of nitrogens with zero attached hydrogens (tertiary/aromatic N) is 3. The number of aromatic nitrogens is 1. The third kappa shape index (κ3) is 6.22. The molecule has 3 aromatic rings. The van der Waals surface area contributed by atoms with Crippen molar-refractivity contribution >= 4 is 46.6 Å². The smallest absolute Gasteiger partial charge is 0.414 e. The molecule has 0 unspecified atom stereocenters. The first kappa shape index (κ1) is 27.2. The van der Waals surface area contributed by atoms with Crippen LogP contribution >= 0.6 is 23.2 Å². The van der Waals surface area contributed by atoms with Crippen molar-refractivity contribution < 1.29 is 27.8 Å². The van der Waals surface area contributed by atoms with E-state index in [1.807, 2.05) is 0 Å². The Balaban J connectivity index is 2.01. The van der Waals surface area contributed by atoms with E-state index in [2.05, 4.69) is 4.98 Å². The molecule has 0 fully saturated rings. The van der Waals surface area contributed by atoms with Crippen molar-refractivity contribution in [1.29, 1.82) is 0 Å². The molecule has 2 aromatic carbocycles. The molecule has 0 atom stereocenters. The highest BCUT2D eigenvalue weighted by Crippen LogP contribution is 2.36. The van der Waals surface area contributed by atoms with Gasteiger partial charge in [0.05, 0.1) is 16.4 Å². The van der Waals surface area contributed by atoms with E-state index in [1.54, 1.807) is 26.8 Å². The number of ether oxygens (including phenoxy) is 2. The molecule has 0 radical (unpaired) electrons. The molecule has 190 valence electrons. The Bertz CT molecular complexity index is 1310. The largest absolute Gasteiger partial charge is 0.455 e. The molecular formula is C25H23Cl2F2N3O4. The highest BCUT2D eigenvalue weighted by molar-refractivity contribution is 6.34. The monoisotopic (exact) mass is 537 g/mol. The molecule has 36 heavy (non-hydrogen) atoms. The van der Waals surface area contributed by atoms with Crippen molar-refractivity contribution in [3.8, 4) is 11.5 Å². The first-order chi connectivity index (χ1) is 16.8. The summed E-state index contributed by atoms with van der Waals surface area (Å²) in [5, 5.41) is 0.620. The zero-order valence-corrected chi connectivity index (χ0v) is 21.6. The summed E-state index contributed by atoms with van der Waals surface area (Å²) in [5.74, 6) is -2.80. The molecule has 1 heterocycles. The van der Waals surface area contributed by atoms with Gasteiger partial charge in [-0.2, -0.15) is 0 Å². The SMILES string of the molecule is CN(C(=O)OC(C)(C)C)c1cc(F)c(F)cc1N(C)C(=O)c1cnccc1Oc1cc(Cl)ccc1Cl. The minimum atomic E-state index is -1.21. The Hall–Kier alpha value is -3.43. The fourth-order valence-corrected chi connectivity index (χ4v) is 3.41. The van der Waals surface area contributed by atoms with Crippen LogP contribution in [0.4, 0.5) is 25.0 Å². The Morgan fingerprint density at radius 2 is 1.53 bits per heavy atom. The number of amides is 2. The Kier molecular flexibility index (Phi) is 8.05. The van der Waals surface area contributed by atoms with E-state index in [1.165, 1.54) is 44.7 Å². The zero-order chi connectivity index (χ0) is 26.8. The van der Waals surface area contributed by atoms with E-state index >= 15 is 0 Å². The lowest BCUT2D eigenvalue weighted by molar-refractivity contribution is 0.0589. The molecule has 0 aliphatic carbocycles. The van der Waals surface area contributed by atoms with Crippen molar-refractivity contribution in [3.63, 3.8) is 0 Å². The van der Waals surface area contributed by atoms with Crippen LogP contribution in [0.3, 0.4) is 0 Å². The summed E-state index contributed by atoms with van der Waals surface area (Å²) in [6, 6.07) is 7.66. The summed E-state index contributed by atoms with van der Waals surface area (Å²) >= 11 is 12.2. The molecule has 7 nitrogen and oxygen atoms in total. The number of halogens is 4. The molecule has 3 rings (SSSR count). The van der Waals surface area contributed by atoms with E-state index in [9.17, 15) is 18.4 Å². The van der Waals surface area contributed by atoms with Gasteiger partial charge < -0.3 is 14.4 Å². The predicted octanol–water partition coefficient (Wildman–Crippen LogP) is 7.11. The number of rotatable bonds is 5. The Morgan fingerprint density at radius 3 is 2.14 bits per heavy atom. The molecule has 0 spiro atoms. The highest BCUT2D eigenvalue weighted by Gasteiger charge is 2.28. The van der Waals surface area contributed by atoms with Gasteiger partial charge >= 0.3 is 6.09 Å². The maximum Gasteiger partial charge on any atom is 0.414 e. The van der Waals surface area contributed by atoms with Crippen LogP contribution in [0.5, 0.6) is 11.5 Å². The van der Waals surface area contributed by atoms with Gasteiger partial charge in [0.25, 0.3) is 5.91 Å². The molecule has 0 bridgehead atoms. The summed E-state index contributed by atoms with van der Waals surface area (Å²) in [5.41, 5.74) is -1.03. The topological polar surface area (TPSA) is 72.0 Å². The summed E-state index contributed by atoms with van der Waals surface area (Å²) in [6.45, 7) is 4.99. The summed E-state index contributed by atoms with van der Waals surface area (Å²) < 4.78 is 39.6. The van der Waals surface area contributed by atoms with Crippen molar-refractivity contribution in [2.75, 3.05) is 23.9 Å². The highest BCUT2D eigenvalue weighted by atomic mass is 35.5. The van der Waals surface area contributed by atoms with Crippen LogP contribution in [0.1, 0.15) is 31.1 Å². The van der Waals surface area contributed by atoms with Gasteiger partial charge in [0.1, 0.15) is 22.7 Å². The second kappa shape index (κ2) is 10.7. The number of pyridine rings is 1. The lowest BCUT2D eigenvalue weighted by Gasteiger charge is -2.28. The van der Waals surface area contributed by atoms with Crippen LogP contribution in [0.15, 0.2) is 48.8 Å². The average molecular weight is 538 g/mol. The first-order valence-corrected chi connectivity index (χ1v) is 11.3. The number of anilines is 2. The van der Waals surface area contributed by atoms with E-state index in [-0.39, 0.29) is 33.5 Å². The van der Waals surface area contributed by atoms with Crippen molar-refractivity contribution in [2.24, 2.45) is 0 Å². The lowest BCUT2D eigenvalue weighted by Crippen LogP contribution is -2.36. The molecule has 0 aliphatic heterocycles. The second-order valence-corrected chi connectivity index (χ2v) is 9.55. The minimum absolute atomic E-state index is 0.00773. The Morgan fingerprint density at radius 1 is 0.917 bits per heavy atom. The van der Waals surface area contributed by atoms with Crippen LogP contribution in [-0.4, -0.2) is 36.7 Å². The second-order valence-electron chi connectivity index (χ2n) is 8.71. The molecule has 2 amide bonds. The fraction of sp³-hybridized carbons (Fsp3) is 0.240. The van der Waals surface area contributed by atoms with Crippen molar-refractivity contribution in [2.45, 2.75) is 26.4 Å². The number of carbonyl (C=O) groups is 2. The van der Waals surface area contributed by atoms with Crippen molar-refractivity contribution in [1.82, 2.24) is 4.98 Å². The number of hydrogen-bond donors (Lipinski definition) is 0. The maximum atomic E-state index is 14.3. The molecule has 1 aromatic heterocycles. The summed E-state index contributed by atoms with van der Waals surface area (Å²) in [7, 11) is 2.66. The summed E-state index contributed by atoms with van der Waals surface area (Å²) in [6.07, 6.45) is 1.84. The van der Waals surface area contributed by atoms with Gasteiger partial charge in [0.2, 0.25) is 0 Å². The van der Waals surface area contributed by atoms with Crippen LogP contribution in [-0.2, 0) is 4.74 Å². The van der Waals surface area contributed by atoms with Gasteiger partial charge in [0, 0.05) is 49.7 Å². The van der Waals surface area contributed by atoms with Gasteiger partial charge in [-0.25, -0.2) is 13.6 Å². The van der Waals surface area contributed by atoms with E-state index in [0.717, 1.165) is 21.9 Å². The van der Waals surface area contributed by atoms with Gasteiger partial charge in [-0.15, -0.1) is 0 Å². The minimum Gasteiger partial charge on any atom is -0.455 e. The average Bonchev–Trinajstić information content (AvgIpc) is 2.80.